The molecular formula is C25H27N3O4. The molecule has 0 aliphatic heterocycles. The van der Waals surface area contributed by atoms with Gasteiger partial charge in [0.1, 0.15) is 11.8 Å². The molecule has 0 fully saturated rings. The molecule has 3 N–H and O–H groups in total. The Kier molecular flexibility index (Phi) is 8.34. The fraction of sp³-hybridized carbons (Fsp3) is 0.240. The molecule has 1 aromatic heterocycles. The number of pyridine rings is 1. The van der Waals surface area contributed by atoms with Crippen molar-refractivity contribution >= 4 is 11.9 Å². The van der Waals surface area contributed by atoms with E-state index in [4.69, 9.17) is 4.74 Å². The SMILES string of the molecule is COC(=O)[C@H](Cc1ccc(O)cc1)NC(=O)[C@H](Cc1ccccc1)NCc1ccncc1. The molecule has 0 radical (unpaired) electrons. The lowest BCUT2D eigenvalue weighted by molar-refractivity contribution is -0.145. The minimum Gasteiger partial charge on any atom is -0.508 e. The van der Waals surface area contributed by atoms with Gasteiger partial charge in [-0.1, -0.05) is 42.5 Å². The van der Waals surface area contributed by atoms with Crippen LogP contribution < -0.4 is 10.6 Å². The summed E-state index contributed by atoms with van der Waals surface area (Å²) in [5.41, 5.74) is 2.80. The van der Waals surface area contributed by atoms with Crippen molar-refractivity contribution in [1.82, 2.24) is 15.6 Å². The number of carbonyl (C=O) groups is 2. The van der Waals surface area contributed by atoms with Crippen molar-refractivity contribution in [1.29, 1.82) is 0 Å². The summed E-state index contributed by atoms with van der Waals surface area (Å²) in [6.07, 6.45) is 4.12. The number of ether oxygens (including phenoxy) is 1. The van der Waals surface area contributed by atoms with Crippen LogP contribution >= 0.6 is 0 Å². The first-order valence-corrected chi connectivity index (χ1v) is 10.4. The maximum Gasteiger partial charge on any atom is 0.328 e. The van der Waals surface area contributed by atoms with Crippen LogP contribution in [-0.4, -0.2) is 41.2 Å². The lowest BCUT2D eigenvalue weighted by atomic mass is 10.0. The average molecular weight is 434 g/mol. The zero-order valence-electron chi connectivity index (χ0n) is 17.9. The Labute approximate surface area is 187 Å². The largest absolute Gasteiger partial charge is 0.508 e. The van der Waals surface area contributed by atoms with Crippen LogP contribution in [0, 0.1) is 0 Å². The van der Waals surface area contributed by atoms with E-state index in [0.717, 1.165) is 16.7 Å². The number of rotatable bonds is 10. The Morgan fingerprint density at radius 1 is 0.875 bits per heavy atom. The molecule has 3 rings (SSSR count). The predicted octanol–water partition coefficient (Wildman–Crippen LogP) is 2.39. The number of nitrogens with one attached hydrogen (secondary N) is 2. The molecule has 166 valence electrons. The second kappa shape index (κ2) is 11.6. The van der Waals surface area contributed by atoms with E-state index in [-0.39, 0.29) is 18.1 Å². The molecule has 7 nitrogen and oxygen atoms in total. The quantitative estimate of drug-likeness (QED) is 0.425. The van der Waals surface area contributed by atoms with E-state index in [1.807, 2.05) is 42.5 Å². The zero-order valence-corrected chi connectivity index (χ0v) is 17.9. The number of phenolic OH excluding ortho intramolecular Hbond substituents is 1. The van der Waals surface area contributed by atoms with E-state index in [1.165, 1.54) is 7.11 Å². The molecule has 0 spiro atoms. The molecule has 0 saturated carbocycles. The second-order valence-electron chi connectivity index (χ2n) is 7.43. The van der Waals surface area contributed by atoms with Gasteiger partial charge >= 0.3 is 5.97 Å². The molecule has 2 aromatic carbocycles. The summed E-state index contributed by atoms with van der Waals surface area (Å²) in [5.74, 6) is -0.688. The topological polar surface area (TPSA) is 101 Å². The number of hydrogen-bond donors (Lipinski definition) is 3. The van der Waals surface area contributed by atoms with Gasteiger partial charge in [-0.25, -0.2) is 4.79 Å². The lowest BCUT2D eigenvalue weighted by Gasteiger charge is -2.23. The van der Waals surface area contributed by atoms with Crippen molar-refractivity contribution in [2.75, 3.05) is 7.11 Å². The van der Waals surface area contributed by atoms with Crippen molar-refractivity contribution in [2.24, 2.45) is 0 Å². The maximum absolute atomic E-state index is 13.2. The van der Waals surface area contributed by atoms with Crippen LogP contribution in [-0.2, 0) is 33.7 Å². The van der Waals surface area contributed by atoms with Gasteiger partial charge in [0.05, 0.1) is 13.2 Å². The van der Waals surface area contributed by atoms with Crippen molar-refractivity contribution in [3.63, 3.8) is 0 Å². The summed E-state index contributed by atoms with van der Waals surface area (Å²) < 4.78 is 4.91. The summed E-state index contributed by atoms with van der Waals surface area (Å²) >= 11 is 0. The van der Waals surface area contributed by atoms with Crippen LogP contribution in [0.5, 0.6) is 5.75 Å². The fourth-order valence-electron chi connectivity index (χ4n) is 3.32. The van der Waals surface area contributed by atoms with E-state index in [9.17, 15) is 14.7 Å². The van der Waals surface area contributed by atoms with Crippen molar-refractivity contribution in [2.45, 2.75) is 31.5 Å². The highest BCUT2D eigenvalue weighted by atomic mass is 16.5. The Balaban J connectivity index is 1.73. The third kappa shape index (κ3) is 6.92. The number of benzene rings is 2. The van der Waals surface area contributed by atoms with Gasteiger partial charge in [0.15, 0.2) is 0 Å². The minimum atomic E-state index is -0.849. The molecule has 0 unspecified atom stereocenters. The van der Waals surface area contributed by atoms with E-state index >= 15 is 0 Å². The third-order valence-electron chi connectivity index (χ3n) is 5.08. The van der Waals surface area contributed by atoms with Crippen LogP contribution in [0.15, 0.2) is 79.1 Å². The second-order valence-corrected chi connectivity index (χ2v) is 7.43. The van der Waals surface area contributed by atoms with E-state index < -0.39 is 18.1 Å². The number of amides is 1. The van der Waals surface area contributed by atoms with Crippen LogP contribution in [0.3, 0.4) is 0 Å². The molecular weight excluding hydrogens is 406 g/mol. The first-order chi connectivity index (χ1) is 15.5. The minimum absolute atomic E-state index is 0.135. The van der Waals surface area contributed by atoms with Gasteiger partial charge in [0.25, 0.3) is 0 Å². The Hall–Kier alpha value is -3.71. The first-order valence-electron chi connectivity index (χ1n) is 10.4. The Morgan fingerprint density at radius 3 is 2.16 bits per heavy atom. The molecule has 1 heterocycles. The zero-order chi connectivity index (χ0) is 22.8. The highest BCUT2D eigenvalue weighted by molar-refractivity contribution is 5.88. The Bertz CT molecular complexity index is 995. The molecule has 1 amide bonds. The molecule has 0 aliphatic rings. The van der Waals surface area contributed by atoms with Gasteiger partial charge in [0, 0.05) is 25.4 Å². The molecule has 32 heavy (non-hydrogen) atoms. The summed E-state index contributed by atoms with van der Waals surface area (Å²) in [7, 11) is 1.29. The van der Waals surface area contributed by atoms with Crippen molar-refractivity contribution < 1.29 is 19.4 Å². The number of nitrogens with zero attached hydrogens (tertiary/aromatic N) is 1. The van der Waals surface area contributed by atoms with Crippen LogP contribution in [0.25, 0.3) is 0 Å². The molecule has 0 aliphatic carbocycles. The Morgan fingerprint density at radius 2 is 1.50 bits per heavy atom. The van der Waals surface area contributed by atoms with Gasteiger partial charge in [-0.05, 0) is 47.4 Å². The monoisotopic (exact) mass is 433 g/mol. The number of methoxy groups -OCH3 is 1. The van der Waals surface area contributed by atoms with E-state index in [0.29, 0.717) is 13.0 Å². The molecule has 2 atom stereocenters. The van der Waals surface area contributed by atoms with Gasteiger partial charge in [-0.2, -0.15) is 0 Å². The van der Waals surface area contributed by atoms with E-state index in [1.54, 1.807) is 36.7 Å². The highest BCUT2D eigenvalue weighted by Gasteiger charge is 2.26. The molecule has 7 heteroatoms. The standard InChI is InChI=1S/C25H27N3O4/c1-32-25(31)23(16-19-7-9-21(29)10-8-19)28-24(30)22(15-18-5-3-2-4-6-18)27-17-20-11-13-26-14-12-20/h2-14,22-23,27,29H,15-17H2,1H3,(H,28,30)/t22-,23-/m0/s1. The smallest absolute Gasteiger partial charge is 0.328 e. The number of hydrogen-bond acceptors (Lipinski definition) is 6. The predicted molar refractivity (Wildman–Crippen MR) is 121 cm³/mol. The van der Waals surface area contributed by atoms with Gasteiger partial charge in [-0.3, -0.25) is 9.78 Å². The van der Waals surface area contributed by atoms with Gasteiger partial charge in [-0.15, -0.1) is 0 Å². The summed E-state index contributed by atoms with van der Waals surface area (Å²) in [6.45, 7) is 0.480. The number of esters is 1. The number of aromatic hydroxyl groups is 1. The fourth-order valence-corrected chi connectivity index (χ4v) is 3.32. The van der Waals surface area contributed by atoms with Gasteiger partial charge < -0.3 is 20.5 Å². The van der Waals surface area contributed by atoms with Crippen molar-refractivity contribution in [3.05, 3.63) is 95.8 Å². The van der Waals surface area contributed by atoms with Crippen LogP contribution in [0.4, 0.5) is 0 Å². The lowest BCUT2D eigenvalue weighted by Crippen LogP contribution is -2.51. The normalized spacial score (nSPS) is 12.5. The van der Waals surface area contributed by atoms with Crippen LogP contribution in [0.1, 0.15) is 16.7 Å². The highest BCUT2D eigenvalue weighted by Crippen LogP contribution is 2.12. The first kappa shape index (κ1) is 23.0. The molecule has 3 aromatic rings. The number of phenols is 1. The summed E-state index contributed by atoms with van der Waals surface area (Å²) in [4.78, 5) is 29.6. The third-order valence-corrected chi connectivity index (χ3v) is 5.08. The maximum atomic E-state index is 13.2. The number of carbonyl (C=O) groups excluding carboxylic acids is 2. The van der Waals surface area contributed by atoms with Gasteiger partial charge in [0.2, 0.25) is 5.91 Å². The van der Waals surface area contributed by atoms with E-state index in [2.05, 4.69) is 15.6 Å². The number of aromatic nitrogens is 1. The molecule has 0 bridgehead atoms. The summed E-state index contributed by atoms with van der Waals surface area (Å²) in [5, 5.41) is 15.6. The average Bonchev–Trinajstić information content (AvgIpc) is 2.83. The van der Waals surface area contributed by atoms with Crippen molar-refractivity contribution in [3.8, 4) is 5.75 Å². The van der Waals surface area contributed by atoms with Crippen LogP contribution in [0.2, 0.25) is 0 Å². The summed E-state index contributed by atoms with van der Waals surface area (Å²) in [6, 6.07) is 18.6. The molecule has 0 saturated heterocycles.